The van der Waals surface area contributed by atoms with Gasteiger partial charge in [-0.3, -0.25) is 4.79 Å². The summed E-state index contributed by atoms with van der Waals surface area (Å²) in [6, 6.07) is 7.83. The van der Waals surface area contributed by atoms with Crippen LogP contribution in [0.4, 0.5) is 0 Å². The molecule has 1 aromatic heterocycles. The number of benzene rings is 1. The van der Waals surface area contributed by atoms with Gasteiger partial charge >= 0.3 is 0 Å². The summed E-state index contributed by atoms with van der Waals surface area (Å²) >= 11 is 1.65. The zero-order valence-electron chi connectivity index (χ0n) is 19.4. The van der Waals surface area contributed by atoms with Crippen LogP contribution in [-0.4, -0.2) is 31.7 Å². The first kappa shape index (κ1) is 24.0. The zero-order valence-corrected chi connectivity index (χ0v) is 21.0. The van der Waals surface area contributed by atoms with Crippen molar-refractivity contribution in [2.75, 3.05) is 13.1 Å². The maximum Gasteiger partial charge on any atom is 0.243 e. The van der Waals surface area contributed by atoms with Gasteiger partial charge in [0.15, 0.2) is 0 Å². The van der Waals surface area contributed by atoms with E-state index in [-0.39, 0.29) is 23.3 Å². The largest absolute Gasteiger partial charge is 0.348 e. The molecule has 1 aliphatic heterocycles. The molecular weight excluding hydrogens is 428 g/mol. The number of carbonyl (C=O) groups excluding carboxylic acids is 1. The Kier molecular flexibility index (Phi) is 6.99. The fraction of sp³-hybridized carbons (Fsp3) is 0.542. The van der Waals surface area contributed by atoms with Crippen molar-refractivity contribution in [2.24, 2.45) is 11.3 Å². The Labute approximate surface area is 190 Å². The van der Waals surface area contributed by atoms with Crippen molar-refractivity contribution in [3.8, 4) is 0 Å². The molecule has 2 heterocycles. The molecule has 1 atom stereocenters. The van der Waals surface area contributed by atoms with E-state index < -0.39 is 10.0 Å². The number of hydrogen-bond acceptors (Lipinski definition) is 4. The van der Waals surface area contributed by atoms with Gasteiger partial charge in [0, 0.05) is 23.9 Å². The number of rotatable bonds is 5. The Bertz CT molecular complexity index is 1010. The van der Waals surface area contributed by atoms with Crippen molar-refractivity contribution in [1.82, 2.24) is 9.62 Å². The molecule has 0 radical (unpaired) electrons. The normalized spacial score (nSPS) is 17.5. The Morgan fingerprint density at radius 3 is 2.19 bits per heavy atom. The van der Waals surface area contributed by atoms with Crippen molar-refractivity contribution in [3.05, 3.63) is 51.2 Å². The van der Waals surface area contributed by atoms with Crippen molar-refractivity contribution in [2.45, 2.75) is 65.3 Å². The van der Waals surface area contributed by atoms with Crippen LogP contribution in [-0.2, 0) is 14.8 Å². The molecule has 5 nitrogen and oxygen atoms in total. The molecule has 1 saturated heterocycles. The smallest absolute Gasteiger partial charge is 0.243 e. The maximum atomic E-state index is 13.3. The highest BCUT2D eigenvalue weighted by atomic mass is 32.2. The van der Waals surface area contributed by atoms with Crippen LogP contribution in [0.1, 0.15) is 61.2 Å². The number of nitrogens with one attached hydrogen (secondary N) is 1. The number of sulfonamides is 1. The lowest BCUT2D eigenvalue weighted by atomic mass is 9.85. The maximum absolute atomic E-state index is 13.3. The van der Waals surface area contributed by atoms with E-state index in [0.717, 1.165) is 21.6 Å². The summed E-state index contributed by atoms with van der Waals surface area (Å²) in [5.41, 5.74) is 2.51. The Morgan fingerprint density at radius 2 is 1.71 bits per heavy atom. The first-order valence-corrected chi connectivity index (χ1v) is 13.1. The van der Waals surface area contributed by atoms with Crippen LogP contribution in [0, 0.1) is 32.1 Å². The van der Waals surface area contributed by atoms with E-state index in [1.807, 2.05) is 44.4 Å². The highest BCUT2D eigenvalue weighted by Gasteiger charge is 2.36. The lowest BCUT2D eigenvalue weighted by molar-refractivity contribution is -0.127. The van der Waals surface area contributed by atoms with E-state index in [1.54, 1.807) is 15.6 Å². The molecule has 170 valence electrons. The number of piperidine rings is 1. The van der Waals surface area contributed by atoms with E-state index in [4.69, 9.17) is 0 Å². The predicted octanol–water partition coefficient (Wildman–Crippen LogP) is 4.98. The second kappa shape index (κ2) is 9.04. The first-order chi connectivity index (χ1) is 14.4. The third-order valence-corrected chi connectivity index (χ3v) is 9.15. The predicted molar refractivity (Wildman–Crippen MR) is 127 cm³/mol. The first-order valence-electron chi connectivity index (χ1n) is 10.8. The molecule has 1 fully saturated rings. The number of aryl methyl sites for hydroxylation is 3. The van der Waals surface area contributed by atoms with Crippen LogP contribution in [0.3, 0.4) is 0 Å². The van der Waals surface area contributed by atoms with Crippen molar-refractivity contribution in [1.29, 1.82) is 0 Å². The van der Waals surface area contributed by atoms with Crippen LogP contribution in [0.15, 0.2) is 34.5 Å². The average molecular weight is 463 g/mol. The second-order valence-corrected chi connectivity index (χ2v) is 12.6. The van der Waals surface area contributed by atoms with Gasteiger partial charge in [0.1, 0.15) is 0 Å². The van der Waals surface area contributed by atoms with Crippen LogP contribution >= 0.6 is 11.3 Å². The van der Waals surface area contributed by atoms with Crippen LogP contribution in [0.5, 0.6) is 0 Å². The molecule has 0 aliphatic carbocycles. The molecule has 31 heavy (non-hydrogen) atoms. The van der Waals surface area contributed by atoms with E-state index >= 15 is 0 Å². The average Bonchev–Trinajstić information content (AvgIpc) is 3.18. The summed E-state index contributed by atoms with van der Waals surface area (Å²) in [6.45, 7) is 12.8. The van der Waals surface area contributed by atoms with E-state index in [0.29, 0.717) is 30.8 Å². The lowest BCUT2D eigenvalue weighted by Crippen LogP contribution is -2.45. The summed E-state index contributed by atoms with van der Waals surface area (Å²) in [5, 5.41) is 5.27. The standard InChI is InChI=1S/C24H34N2O3S2/c1-16-14-17(2)21(18(3)15-16)31(28,29)26-11-9-19(10-12-26)23(27)25-22(24(4,5)6)20-8-7-13-30-20/h7-8,13-15,19,22H,9-12H2,1-6H3,(H,25,27). The molecule has 2 aromatic rings. The Morgan fingerprint density at radius 1 is 1.13 bits per heavy atom. The minimum Gasteiger partial charge on any atom is -0.348 e. The van der Waals surface area contributed by atoms with Gasteiger partial charge < -0.3 is 5.32 Å². The van der Waals surface area contributed by atoms with Crippen LogP contribution in [0.2, 0.25) is 0 Å². The molecule has 7 heteroatoms. The summed E-state index contributed by atoms with van der Waals surface area (Å²) in [5.74, 6) is -0.149. The fourth-order valence-corrected chi connectivity index (χ4v) is 7.39. The van der Waals surface area contributed by atoms with Gasteiger partial charge in [-0.05, 0) is 61.6 Å². The molecule has 1 unspecified atom stereocenters. The van der Waals surface area contributed by atoms with Gasteiger partial charge in [-0.15, -0.1) is 11.3 Å². The number of amides is 1. The number of hydrogen-bond donors (Lipinski definition) is 1. The van der Waals surface area contributed by atoms with Crippen LogP contribution < -0.4 is 5.32 Å². The van der Waals surface area contributed by atoms with Gasteiger partial charge in [-0.2, -0.15) is 4.31 Å². The summed E-state index contributed by atoms with van der Waals surface area (Å²) in [7, 11) is -3.57. The minimum atomic E-state index is -3.57. The minimum absolute atomic E-state index is 0.0214. The Hall–Kier alpha value is -1.70. The second-order valence-electron chi connectivity index (χ2n) is 9.73. The van der Waals surface area contributed by atoms with Gasteiger partial charge in [0.2, 0.25) is 15.9 Å². The zero-order chi connectivity index (χ0) is 23.0. The quantitative estimate of drug-likeness (QED) is 0.682. The van der Waals surface area contributed by atoms with E-state index in [2.05, 4.69) is 32.2 Å². The van der Waals surface area contributed by atoms with Gasteiger partial charge in [-0.1, -0.05) is 44.5 Å². The molecule has 1 aliphatic rings. The van der Waals surface area contributed by atoms with Crippen molar-refractivity contribution < 1.29 is 13.2 Å². The molecule has 0 spiro atoms. The summed E-state index contributed by atoms with van der Waals surface area (Å²) < 4.78 is 28.2. The highest BCUT2D eigenvalue weighted by Crippen LogP contribution is 2.36. The number of thiophene rings is 1. The third kappa shape index (κ3) is 5.21. The summed E-state index contributed by atoms with van der Waals surface area (Å²) in [6.07, 6.45) is 1.08. The molecule has 0 saturated carbocycles. The van der Waals surface area contributed by atoms with Gasteiger partial charge in [-0.25, -0.2) is 8.42 Å². The Balaban J connectivity index is 1.70. The molecular formula is C24H34N2O3S2. The molecule has 0 bridgehead atoms. The number of carbonyl (C=O) groups is 1. The third-order valence-electron chi connectivity index (χ3n) is 6.01. The lowest BCUT2D eigenvalue weighted by Gasteiger charge is -2.35. The van der Waals surface area contributed by atoms with E-state index in [9.17, 15) is 13.2 Å². The van der Waals surface area contributed by atoms with Gasteiger partial charge in [0.05, 0.1) is 10.9 Å². The monoisotopic (exact) mass is 462 g/mol. The SMILES string of the molecule is Cc1cc(C)c(S(=O)(=O)N2CCC(C(=O)NC(c3cccs3)C(C)(C)C)CC2)c(C)c1. The van der Waals surface area contributed by atoms with Gasteiger partial charge in [0.25, 0.3) is 0 Å². The molecule has 1 amide bonds. The summed E-state index contributed by atoms with van der Waals surface area (Å²) in [4.78, 5) is 14.6. The van der Waals surface area contributed by atoms with Crippen molar-refractivity contribution >= 4 is 27.3 Å². The fourth-order valence-electron chi connectivity index (χ4n) is 4.49. The molecule has 1 aromatic carbocycles. The van der Waals surface area contributed by atoms with Crippen molar-refractivity contribution in [3.63, 3.8) is 0 Å². The molecule has 3 rings (SSSR count). The van der Waals surface area contributed by atoms with Crippen LogP contribution in [0.25, 0.3) is 0 Å². The topological polar surface area (TPSA) is 66.5 Å². The number of nitrogens with zero attached hydrogens (tertiary/aromatic N) is 1. The van der Waals surface area contributed by atoms with E-state index in [1.165, 1.54) is 0 Å². The molecule has 1 N–H and O–H groups in total. The highest BCUT2D eigenvalue weighted by molar-refractivity contribution is 7.89.